The van der Waals surface area contributed by atoms with E-state index in [1.807, 2.05) is 0 Å². The van der Waals surface area contributed by atoms with E-state index >= 15 is 0 Å². The summed E-state index contributed by atoms with van der Waals surface area (Å²) < 4.78 is 46.2. The molecule has 0 radical (unpaired) electrons. The number of aromatic nitrogens is 1. The summed E-state index contributed by atoms with van der Waals surface area (Å²) in [5.74, 6) is 0. The summed E-state index contributed by atoms with van der Waals surface area (Å²) in [5, 5.41) is 2.55. The molecule has 1 N–H and O–H groups in total. The number of nitrogens with zero attached hydrogens (tertiary/aromatic N) is 1. The second-order valence-electron chi connectivity index (χ2n) is 6.94. The highest BCUT2D eigenvalue weighted by molar-refractivity contribution is 9.10. The first-order valence-corrected chi connectivity index (χ1v) is 11.1. The minimum Gasteiger partial charge on any atom is -0.416 e. The molecule has 0 fully saturated rings. The molecule has 8 heteroatoms. The van der Waals surface area contributed by atoms with Gasteiger partial charge in [-0.1, -0.05) is 20.8 Å². The van der Waals surface area contributed by atoms with Crippen molar-refractivity contribution < 1.29 is 17.6 Å². The van der Waals surface area contributed by atoms with Crippen LogP contribution in [0.3, 0.4) is 0 Å². The normalized spacial score (nSPS) is 14.8. The molecular weight excluding hydrogens is 389 g/mol. The lowest BCUT2D eigenvalue weighted by atomic mass is 10.2. The molecule has 23 heavy (non-hydrogen) atoms. The van der Waals surface area contributed by atoms with E-state index in [0.29, 0.717) is 4.47 Å². The fraction of sp³-hybridized carbons (Fsp3) is 0.667. The second-order valence-corrected chi connectivity index (χ2v) is 12.7. The van der Waals surface area contributed by atoms with Gasteiger partial charge in [0.25, 0.3) is 0 Å². The smallest absolute Gasteiger partial charge is 0.409 e. The van der Waals surface area contributed by atoms with Crippen molar-refractivity contribution >= 4 is 24.2 Å². The van der Waals surface area contributed by atoms with Crippen molar-refractivity contribution in [3.63, 3.8) is 0 Å². The molecule has 0 saturated carbocycles. The van der Waals surface area contributed by atoms with Gasteiger partial charge in [0.15, 0.2) is 8.32 Å². The first-order chi connectivity index (χ1) is 10.3. The Morgan fingerprint density at radius 2 is 1.87 bits per heavy atom. The van der Waals surface area contributed by atoms with E-state index in [4.69, 9.17) is 4.43 Å². The summed E-state index contributed by atoms with van der Waals surface area (Å²) in [7, 11) is -1.95. The molecule has 1 heterocycles. The maximum atomic E-state index is 13.2. The van der Waals surface area contributed by atoms with Crippen LogP contribution < -0.4 is 5.32 Å². The lowest BCUT2D eigenvalue weighted by Crippen LogP contribution is -2.43. The predicted octanol–water partition coefficient (Wildman–Crippen LogP) is 5.06. The number of halogens is 4. The van der Waals surface area contributed by atoms with Crippen LogP contribution >= 0.6 is 15.9 Å². The zero-order valence-electron chi connectivity index (χ0n) is 14.1. The average Bonchev–Trinajstić information content (AvgIpc) is 2.37. The summed E-state index contributed by atoms with van der Waals surface area (Å²) in [6.45, 7) is 10.8. The van der Waals surface area contributed by atoms with Crippen LogP contribution in [0.25, 0.3) is 0 Å². The molecule has 0 amide bonds. The van der Waals surface area contributed by atoms with Crippen molar-refractivity contribution in [3.05, 3.63) is 28.5 Å². The highest BCUT2D eigenvalue weighted by Crippen LogP contribution is 2.36. The molecule has 0 aliphatic carbocycles. The van der Waals surface area contributed by atoms with Crippen LogP contribution in [0.15, 0.2) is 22.8 Å². The minimum absolute atomic E-state index is 0.0314. The molecule has 1 aromatic heterocycles. The van der Waals surface area contributed by atoms with E-state index in [-0.39, 0.29) is 23.9 Å². The van der Waals surface area contributed by atoms with Crippen molar-refractivity contribution in [2.24, 2.45) is 0 Å². The molecule has 0 saturated heterocycles. The molecule has 0 aliphatic rings. The highest BCUT2D eigenvalue weighted by Gasteiger charge is 2.42. The van der Waals surface area contributed by atoms with E-state index in [1.54, 1.807) is 6.07 Å². The Bertz CT molecular complexity index is 501. The summed E-state index contributed by atoms with van der Waals surface area (Å²) in [5.41, 5.74) is -0.0481. The van der Waals surface area contributed by atoms with E-state index < -0.39 is 20.5 Å². The van der Waals surface area contributed by atoms with Gasteiger partial charge in [0.2, 0.25) is 0 Å². The third-order valence-corrected chi connectivity index (χ3v) is 9.10. The van der Waals surface area contributed by atoms with E-state index in [2.05, 4.69) is 60.1 Å². The molecule has 0 aliphatic heterocycles. The van der Waals surface area contributed by atoms with E-state index in [1.165, 1.54) is 12.3 Å². The standard InChI is InChI=1S/C15H24BrF3N2OSi/c1-14(2,3)23(4,5)22-9-8-20-13(15(17,18)19)12-7-6-11(16)10-21-12/h6-7,10,13,20H,8-9H2,1-5H3. The van der Waals surface area contributed by atoms with Gasteiger partial charge in [0.05, 0.1) is 5.69 Å². The van der Waals surface area contributed by atoms with Gasteiger partial charge in [0.1, 0.15) is 6.04 Å². The van der Waals surface area contributed by atoms with Gasteiger partial charge in [-0.25, -0.2) is 0 Å². The molecule has 1 unspecified atom stereocenters. The molecule has 0 bridgehead atoms. The first kappa shape index (κ1) is 20.6. The molecule has 0 aromatic carbocycles. The SMILES string of the molecule is CC(C)(C)[Si](C)(C)OCCNC(c1ccc(Br)cn1)C(F)(F)F. The van der Waals surface area contributed by atoms with Gasteiger partial charge < -0.3 is 4.43 Å². The Labute approximate surface area is 145 Å². The third kappa shape index (κ3) is 6.17. The second kappa shape index (κ2) is 7.63. The van der Waals surface area contributed by atoms with Gasteiger partial charge in [-0.15, -0.1) is 0 Å². The van der Waals surface area contributed by atoms with Crippen molar-refractivity contribution in [2.45, 2.75) is 51.1 Å². The van der Waals surface area contributed by atoms with Crippen molar-refractivity contribution in [1.29, 1.82) is 0 Å². The fourth-order valence-corrected chi connectivity index (χ4v) is 2.95. The van der Waals surface area contributed by atoms with Crippen LogP contribution in [-0.2, 0) is 4.43 Å². The van der Waals surface area contributed by atoms with Crippen molar-refractivity contribution in [1.82, 2.24) is 10.3 Å². The van der Waals surface area contributed by atoms with Crippen LogP contribution in [-0.4, -0.2) is 32.6 Å². The third-order valence-electron chi connectivity index (χ3n) is 4.09. The van der Waals surface area contributed by atoms with Crippen LogP contribution in [0.5, 0.6) is 0 Å². The Morgan fingerprint density at radius 3 is 2.30 bits per heavy atom. The fourth-order valence-electron chi connectivity index (χ4n) is 1.67. The van der Waals surface area contributed by atoms with Gasteiger partial charge >= 0.3 is 6.18 Å². The molecule has 132 valence electrons. The number of pyridine rings is 1. The topological polar surface area (TPSA) is 34.1 Å². The Hall–Kier alpha value is -0.443. The Morgan fingerprint density at radius 1 is 1.26 bits per heavy atom. The zero-order chi connectivity index (χ0) is 17.9. The Balaban J connectivity index is 2.66. The maximum absolute atomic E-state index is 13.2. The maximum Gasteiger partial charge on any atom is 0.409 e. The first-order valence-electron chi connectivity index (χ1n) is 7.40. The average molecular weight is 413 g/mol. The van der Waals surface area contributed by atoms with Crippen molar-refractivity contribution in [2.75, 3.05) is 13.2 Å². The van der Waals surface area contributed by atoms with E-state index in [0.717, 1.165) is 0 Å². The number of hydrogen-bond donors (Lipinski definition) is 1. The highest BCUT2D eigenvalue weighted by atomic mass is 79.9. The van der Waals surface area contributed by atoms with Gasteiger partial charge in [-0.2, -0.15) is 13.2 Å². The lowest BCUT2D eigenvalue weighted by Gasteiger charge is -2.36. The number of rotatable bonds is 6. The van der Waals surface area contributed by atoms with Gasteiger partial charge in [0, 0.05) is 23.8 Å². The van der Waals surface area contributed by atoms with Gasteiger partial charge in [-0.3, -0.25) is 10.3 Å². The molecule has 1 atom stereocenters. The number of nitrogens with one attached hydrogen (secondary N) is 1. The number of alkyl halides is 3. The summed E-state index contributed by atoms with van der Waals surface area (Å²) >= 11 is 3.17. The van der Waals surface area contributed by atoms with Crippen LogP contribution in [0.2, 0.25) is 18.1 Å². The van der Waals surface area contributed by atoms with Crippen molar-refractivity contribution in [3.8, 4) is 0 Å². The van der Waals surface area contributed by atoms with Crippen LogP contribution in [0, 0.1) is 0 Å². The quantitative estimate of drug-likeness (QED) is 0.523. The van der Waals surface area contributed by atoms with Crippen LogP contribution in [0.4, 0.5) is 13.2 Å². The largest absolute Gasteiger partial charge is 0.416 e. The molecular formula is C15H24BrF3N2OSi. The Kier molecular flexibility index (Phi) is 6.83. The predicted molar refractivity (Wildman–Crippen MR) is 91.9 cm³/mol. The number of hydrogen-bond acceptors (Lipinski definition) is 3. The van der Waals surface area contributed by atoms with E-state index in [9.17, 15) is 13.2 Å². The molecule has 0 spiro atoms. The monoisotopic (exact) mass is 412 g/mol. The summed E-state index contributed by atoms with van der Waals surface area (Å²) in [6, 6.07) is 1.12. The van der Waals surface area contributed by atoms with Crippen LogP contribution in [0.1, 0.15) is 32.5 Å². The minimum atomic E-state index is -4.40. The molecule has 1 rings (SSSR count). The zero-order valence-corrected chi connectivity index (χ0v) is 16.7. The molecule has 1 aromatic rings. The molecule has 3 nitrogen and oxygen atoms in total. The van der Waals surface area contributed by atoms with Gasteiger partial charge in [-0.05, 0) is 46.2 Å². The summed E-state index contributed by atoms with van der Waals surface area (Å²) in [6.07, 6.45) is -3.04. The summed E-state index contributed by atoms with van der Waals surface area (Å²) in [4.78, 5) is 3.85. The lowest BCUT2D eigenvalue weighted by molar-refractivity contribution is -0.158.